The normalized spacial score (nSPS) is 38.2. The van der Waals surface area contributed by atoms with E-state index in [1.54, 1.807) is 13.8 Å². The average molecular weight is 311 g/mol. The predicted molar refractivity (Wildman–Crippen MR) is 74.6 cm³/mol. The van der Waals surface area contributed by atoms with Crippen LogP contribution in [0.1, 0.15) is 39.5 Å². The number of Topliss-reactive ketones (excluding diaryl/α,β-unsaturated/α-hetero) is 2. The van der Waals surface area contributed by atoms with E-state index in [0.717, 1.165) is 4.90 Å². The molecule has 0 aromatic rings. The molecule has 6 nitrogen and oxygen atoms in total. The molecule has 0 spiro atoms. The molecule has 3 aliphatic rings. The zero-order chi connectivity index (χ0) is 15.6. The molecule has 21 heavy (non-hydrogen) atoms. The Kier molecular flexibility index (Phi) is 2.99. The molecule has 0 aromatic heterocycles. The molecule has 7 heteroatoms. The van der Waals surface area contributed by atoms with Crippen LogP contribution < -0.4 is 0 Å². The molecule has 0 aliphatic carbocycles. The zero-order valence-corrected chi connectivity index (χ0v) is 12.7. The van der Waals surface area contributed by atoms with E-state index in [2.05, 4.69) is 0 Å². The minimum absolute atomic E-state index is 0.0880. The van der Waals surface area contributed by atoms with Crippen LogP contribution in [0, 0.1) is 5.92 Å². The summed E-state index contributed by atoms with van der Waals surface area (Å²) >= 11 is 1.26. The van der Waals surface area contributed by atoms with Crippen LogP contribution in [0.3, 0.4) is 0 Å². The summed E-state index contributed by atoms with van der Waals surface area (Å²) in [4.78, 5) is 50.3. The Morgan fingerprint density at radius 1 is 1.24 bits per heavy atom. The molecule has 3 aliphatic heterocycles. The van der Waals surface area contributed by atoms with Crippen LogP contribution in [0.15, 0.2) is 0 Å². The molecule has 4 bridgehead atoms. The summed E-state index contributed by atoms with van der Waals surface area (Å²) in [6.45, 7) is 3.35. The van der Waals surface area contributed by atoms with E-state index in [1.165, 1.54) is 11.8 Å². The second kappa shape index (κ2) is 4.32. The fraction of sp³-hybridized carbons (Fsp3) is 0.714. The lowest BCUT2D eigenvalue weighted by Gasteiger charge is -2.48. The molecule has 114 valence electrons. The van der Waals surface area contributed by atoms with E-state index < -0.39 is 39.2 Å². The summed E-state index contributed by atoms with van der Waals surface area (Å²) in [6, 6.07) is 0. The molecule has 3 heterocycles. The third-order valence-electron chi connectivity index (χ3n) is 4.83. The smallest absolute Gasteiger partial charge is 0.339 e. The molecule has 3 saturated heterocycles. The van der Waals surface area contributed by atoms with Gasteiger partial charge in [0, 0.05) is 12.8 Å². The maximum absolute atomic E-state index is 12.7. The van der Waals surface area contributed by atoms with Crippen LogP contribution in [0.4, 0.5) is 0 Å². The lowest BCUT2D eigenvalue weighted by Crippen LogP contribution is -2.74. The zero-order valence-electron chi connectivity index (χ0n) is 11.9. The summed E-state index contributed by atoms with van der Waals surface area (Å²) in [6.07, 6.45) is 1.39. The number of rotatable bonds is 1. The maximum Gasteiger partial charge on any atom is 0.339 e. The van der Waals surface area contributed by atoms with E-state index in [0.29, 0.717) is 12.8 Å². The molecule has 0 radical (unpaired) electrons. The van der Waals surface area contributed by atoms with Crippen molar-refractivity contribution < 1.29 is 24.3 Å². The summed E-state index contributed by atoms with van der Waals surface area (Å²) in [5.74, 6) is -3.11. The van der Waals surface area contributed by atoms with Gasteiger partial charge in [-0.1, -0.05) is 0 Å². The number of nitrogens with zero attached hydrogens (tertiary/aromatic N) is 1. The monoisotopic (exact) mass is 311 g/mol. The third kappa shape index (κ3) is 1.55. The van der Waals surface area contributed by atoms with Gasteiger partial charge in [0.25, 0.3) is 0 Å². The van der Waals surface area contributed by atoms with E-state index in [4.69, 9.17) is 0 Å². The second-order valence-electron chi connectivity index (χ2n) is 6.32. The number of carboxylic acid groups (broad SMARTS) is 1. The Morgan fingerprint density at radius 3 is 2.48 bits per heavy atom. The minimum Gasteiger partial charge on any atom is -0.479 e. The lowest BCUT2D eigenvalue weighted by atomic mass is 9.73. The number of ketones is 2. The van der Waals surface area contributed by atoms with Crippen LogP contribution in [0.5, 0.6) is 0 Å². The highest BCUT2D eigenvalue weighted by molar-refractivity contribution is 8.01. The molecular weight excluding hydrogens is 294 g/mol. The van der Waals surface area contributed by atoms with Gasteiger partial charge in [-0.05, 0) is 26.7 Å². The van der Waals surface area contributed by atoms with Crippen LogP contribution in [-0.2, 0) is 19.2 Å². The van der Waals surface area contributed by atoms with Gasteiger partial charge in [-0.3, -0.25) is 14.4 Å². The fourth-order valence-corrected chi connectivity index (χ4v) is 5.63. The molecule has 0 aromatic carbocycles. The first-order valence-electron chi connectivity index (χ1n) is 7.05. The quantitative estimate of drug-likeness (QED) is 0.570. The van der Waals surface area contributed by atoms with Crippen molar-refractivity contribution in [3.05, 3.63) is 0 Å². The molecule has 3 rings (SSSR count). The van der Waals surface area contributed by atoms with Crippen molar-refractivity contribution in [3.8, 4) is 0 Å². The first-order chi connectivity index (χ1) is 9.75. The van der Waals surface area contributed by atoms with Crippen LogP contribution in [-0.4, -0.2) is 49.1 Å². The molecule has 1 N–H and O–H groups in total. The largest absolute Gasteiger partial charge is 0.479 e. The number of thioether (sulfide) groups is 1. The Labute approximate surface area is 126 Å². The van der Waals surface area contributed by atoms with Crippen molar-refractivity contribution >= 4 is 35.2 Å². The summed E-state index contributed by atoms with van der Waals surface area (Å²) in [5, 5.41) is 9.25. The number of β-lactam (4-membered cyclic amide) rings is 1. The van der Waals surface area contributed by atoms with E-state index >= 15 is 0 Å². The Hall–Kier alpha value is -1.37. The van der Waals surface area contributed by atoms with Crippen molar-refractivity contribution in [3.63, 3.8) is 0 Å². The van der Waals surface area contributed by atoms with Gasteiger partial charge in [-0.2, -0.15) is 0 Å². The first kappa shape index (κ1) is 14.6. The third-order valence-corrected chi connectivity index (χ3v) is 6.44. The van der Waals surface area contributed by atoms with Crippen LogP contribution in [0.2, 0.25) is 0 Å². The highest BCUT2D eigenvalue weighted by atomic mass is 32.2. The molecule has 3 fully saturated rings. The molecule has 1 amide bonds. The van der Waals surface area contributed by atoms with Gasteiger partial charge in [0.2, 0.25) is 11.4 Å². The minimum atomic E-state index is -1.84. The second-order valence-corrected chi connectivity index (χ2v) is 8.06. The van der Waals surface area contributed by atoms with Gasteiger partial charge in [0.05, 0.1) is 10.1 Å². The maximum atomic E-state index is 12.7. The summed E-state index contributed by atoms with van der Waals surface area (Å²) < 4.78 is -0.949. The number of carbonyl (C=O) groups excluding carboxylic acids is 3. The van der Waals surface area contributed by atoms with E-state index in [-0.39, 0.29) is 18.6 Å². The number of carboxylic acids is 1. The topological polar surface area (TPSA) is 91.8 Å². The highest BCUT2D eigenvalue weighted by Gasteiger charge is 2.76. The Morgan fingerprint density at radius 2 is 1.86 bits per heavy atom. The van der Waals surface area contributed by atoms with E-state index in [1.807, 2.05) is 0 Å². The number of hydrogen-bond donors (Lipinski definition) is 1. The molecule has 0 saturated carbocycles. The summed E-state index contributed by atoms with van der Waals surface area (Å²) in [5.41, 5.74) is -1.84. The fourth-order valence-electron chi connectivity index (χ4n) is 3.79. The van der Waals surface area contributed by atoms with Crippen molar-refractivity contribution in [1.29, 1.82) is 0 Å². The van der Waals surface area contributed by atoms with Crippen molar-refractivity contribution in [1.82, 2.24) is 4.90 Å². The standard InChI is InChI=1S/C14H17NO5S/c1-13(2)14(12(19)20)8(17)6-4-3-5-7(16)9-10(18)15(14)11(9)21-13/h9,11H,3-6H2,1-2H3,(H,19,20)/t9-,11-,14+/m1/s1. The van der Waals surface area contributed by atoms with Crippen molar-refractivity contribution in [2.75, 3.05) is 0 Å². The van der Waals surface area contributed by atoms with Gasteiger partial charge in [-0.15, -0.1) is 11.8 Å². The summed E-state index contributed by atoms with van der Waals surface area (Å²) in [7, 11) is 0. The van der Waals surface area contributed by atoms with Gasteiger partial charge >= 0.3 is 5.97 Å². The Balaban J connectivity index is 2.17. The van der Waals surface area contributed by atoms with Gasteiger partial charge < -0.3 is 10.0 Å². The Bertz CT molecular complexity index is 572. The van der Waals surface area contributed by atoms with Gasteiger partial charge in [0.1, 0.15) is 11.7 Å². The van der Waals surface area contributed by atoms with Crippen molar-refractivity contribution in [2.24, 2.45) is 5.92 Å². The SMILES string of the molecule is CC1(C)S[C@@H]2[C@@H]3C(=O)CCCCC(=O)[C@@]1(C(=O)O)N2C3=O. The van der Waals surface area contributed by atoms with Gasteiger partial charge in [-0.25, -0.2) is 4.79 Å². The number of carbonyl (C=O) groups is 4. The molecule has 0 unspecified atom stereocenters. The number of aliphatic carboxylic acids is 1. The van der Waals surface area contributed by atoms with Crippen LogP contribution in [0.25, 0.3) is 0 Å². The van der Waals surface area contributed by atoms with E-state index in [9.17, 15) is 24.3 Å². The first-order valence-corrected chi connectivity index (χ1v) is 7.93. The average Bonchev–Trinajstić information content (AvgIpc) is 2.59. The van der Waals surface area contributed by atoms with Crippen molar-refractivity contribution in [2.45, 2.75) is 55.2 Å². The number of amides is 1. The molecular formula is C14H17NO5S. The molecule has 3 atom stereocenters. The highest BCUT2D eigenvalue weighted by Crippen LogP contribution is 2.60. The number of hydrogen-bond acceptors (Lipinski definition) is 5. The predicted octanol–water partition coefficient (Wildman–Crippen LogP) is 0.832. The van der Waals surface area contributed by atoms with Gasteiger partial charge in [0.15, 0.2) is 5.78 Å². The lowest BCUT2D eigenvalue weighted by molar-refractivity contribution is -0.180. The van der Waals surface area contributed by atoms with Crippen LogP contribution >= 0.6 is 11.8 Å².